The minimum atomic E-state index is -0.636. The molecule has 0 radical (unpaired) electrons. The first-order valence-electron chi connectivity index (χ1n) is 12.3. The highest BCUT2D eigenvalue weighted by Gasteiger charge is 2.04. The van der Waals surface area contributed by atoms with Crippen molar-refractivity contribution in [2.75, 3.05) is 0 Å². The van der Waals surface area contributed by atoms with Crippen molar-refractivity contribution in [1.29, 1.82) is 0 Å². The van der Waals surface area contributed by atoms with Crippen LogP contribution in [0.25, 0.3) is 11.4 Å². The largest absolute Gasteiger partial charge is 0.248 e. The summed E-state index contributed by atoms with van der Waals surface area (Å²) in [7, 11) is 0. The van der Waals surface area contributed by atoms with Gasteiger partial charge >= 0.3 is 0 Å². The summed E-state index contributed by atoms with van der Waals surface area (Å²) < 4.78 is 13.3. The molecule has 0 spiro atoms. The van der Waals surface area contributed by atoms with Crippen LogP contribution in [0.1, 0.15) is 102 Å². The summed E-state index contributed by atoms with van der Waals surface area (Å²) in [6.07, 6.45) is 19.5. The van der Waals surface area contributed by atoms with Crippen molar-refractivity contribution >= 4 is 0 Å². The molecular weight excluding hydrogens is 371 g/mol. The van der Waals surface area contributed by atoms with Gasteiger partial charge in [0, 0.05) is 18.0 Å². The van der Waals surface area contributed by atoms with Gasteiger partial charge in [-0.2, -0.15) is 0 Å². The molecule has 0 aliphatic rings. The number of unbranched alkanes of at least 4 members (excludes halogenated alkanes) is 8. The average molecular weight is 413 g/mol. The van der Waals surface area contributed by atoms with E-state index in [-0.39, 0.29) is 0 Å². The van der Waals surface area contributed by atoms with Crippen LogP contribution in [0.15, 0.2) is 36.7 Å². The summed E-state index contributed by atoms with van der Waals surface area (Å²) in [4.78, 5) is 9.16. The van der Waals surface area contributed by atoms with Gasteiger partial charge in [0.05, 0.1) is 6.17 Å². The molecule has 1 heterocycles. The second-order valence-corrected chi connectivity index (χ2v) is 8.59. The molecular formula is C27H41FN2. The van der Waals surface area contributed by atoms with E-state index in [1.807, 2.05) is 19.3 Å². The molecule has 0 aliphatic carbocycles. The molecule has 0 N–H and O–H groups in total. The summed E-state index contributed by atoms with van der Waals surface area (Å²) in [5, 5.41) is 0. The van der Waals surface area contributed by atoms with E-state index in [4.69, 9.17) is 0 Å². The number of alkyl halides is 1. The first-order valence-corrected chi connectivity index (χ1v) is 12.3. The lowest BCUT2D eigenvalue weighted by Gasteiger charge is -2.06. The second-order valence-electron chi connectivity index (χ2n) is 8.59. The monoisotopic (exact) mass is 412 g/mol. The van der Waals surface area contributed by atoms with Crippen molar-refractivity contribution in [3.8, 4) is 11.4 Å². The van der Waals surface area contributed by atoms with Crippen molar-refractivity contribution in [2.24, 2.45) is 0 Å². The predicted molar refractivity (Wildman–Crippen MR) is 127 cm³/mol. The maximum absolute atomic E-state index is 13.3. The van der Waals surface area contributed by atoms with E-state index in [1.165, 1.54) is 62.5 Å². The second kappa shape index (κ2) is 15.1. The maximum Gasteiger partial charge on any atom is 0.159 e. The minimum absolute atomic E-state index is 0.632. The van der Waals surface area contributed by atoms with Gasteiger partial charge in [0.25, 0.3) is 0 Å². The molecule has 0 aliphatic heterocycles. The van der Waals surface area contributed by atoms with Crippen LogP contribution in [0.3, 0.4) is 0 Å². The zero-order valence-electron chi connectivity index (χ0n) is 19.2. The van der Waals surface area contributed by atoms with Gasteiger partial charge in [-0.1, -0.05) is 89.5 Å². The molecule has 0 saturated carbocycles. The highest BCUT2D eigenvalue weighted by molar-refractivity contribution is 5.55. The topological polar surface area (TPSA) is 25.8 Å². The highest BCUT2D eigenvalue weighted by Crippen LogP contribution is 2.18. The van der Waals surface area contributed by atoms with E-state index in [0.717, 1.165) is 37.1 Å². The van der Waals surface area contributed by atoms with Gasteiger partial charge in [0.2, 0.25) is 0 Å². The van der Waals surface area contributed by atoms with Gasteiger partial charge in [-0.3, -0.25) is 0 Å². The van der Waals surface area contributed by atoms with E-state index in [1.54, 1.807) is 0 Å². The van der Waals surface area contributed by atoms with Crippen LogP contribution in [-0.4, -0.2) is 16.1 Å². The Morgan fingerprint density at radius 1 is 0.700 bits per heavy atom. The number of hydrogen-bond donors (Lipinski definition) is 0. The van der Waals surface area contributed by atoms with Crippen LogP contribution in [0.5, 0.6) is 0 Å². The number of aromatic nitrogens is 2. The van der Waals surface area contributed by atoms with Crippen molar-refractivity contribution < 1.29 is 4.39 Å². The fraction of sp³-hybridized carbons (Fsp3) is 0.630. The Kier molecular flexibility index (Phi) is 12.3. The van der Waals surface area contributed by atoms with Crippen LogP contribution >= 0.6 is 0 Å². The average Bonchev–Trinajstić information content (AvgIpc) is 2.79. The standard InChI is InChI=1S/C27H41FN2/c1-3-5-6-7-8-9-10-11-15-24-21-29-27(30-22-24)25-19-17-23(18-20-25)14-12-13-16-26(28)4-2/h17-22,26H,3-16H2,1-2H3. The molecule has 1 unspecified atom stereocenters. The summed E-state index contributed by atoms with van der Waals surface area (Å²) >= 11 is 0. The number of nitrogens with zero attached hydrogens (tertiary/aromatic N) is 2. The minimum Gasteiger partial charge on any atom is -0.248 e. The predicted octanol–water partition coefficient (Wildman–Crippen LogP) is 8.29. The van der Waals surface area contributed by atoms with Crippen molar-refractivity contribution in [3.63, 3.8) is 0 Å². The number of benzene rings is 1. The fourth-order valence-electron chi connectivity index (χ4n) is 3.82. The zero-order chi connectivity index (χ0) is 21.4. The van der Waals surface area contributed by atoms with E-state index in [0.29, 0.717) is 12.8 Å². The Morgan fingerprint density at radius 3 is 1.90 bits per heavy atom. The van der Waals surface area contributed by atoms with Gasteiger partial charge < -0.3 is 0 Å². The van der Waals surface area contributed by atoms with Crippen LogP contribution in [-0.2, 0) is 12.8 Å². The normalized spacial score (nSPS) is 12.2. The molecule has 30 heavy (non-hydrogen) atoms. The summed E-state index contributed by atoms with van der Waals surface area (Å²) in [6, 6.07) is 8.51. The summed E-state index contributed by atoms with van der Waals surface area (Å²) in [5.41, 5.74) is 3.60. The highest BCUT2D eigenvalue weighted by atomic mass is 19.1. The lowest BCUT2D eigenvalue weighted by atomic mass is 10.0. The molecule has 1 aromatic carbocycles. The van der Waals surface area contributed by atoms with E-state index in [9.17, 15) is 4.39 Å². The lowest BCUT2D eigenvalue weighted by molar-refractivity contribution is 0.297. The lowest BCUT2D eigenvalue weighted by Crippen LogP contribution is -1.97. The van der Waals surface area contributed by atoms with Crippen molar-refractivity contribution in [1.82, 2.24) is 9.97 Å². The molecule has 2 aromatic rings. The summed E-state index contributed by atoms with van der Waals surface area (Å²) in [5.74, 6) is 0.796. The molecule has 0 fully saturated rings. The third-order valence-electron chi connectivity index (χ3n) is 5.91. The maximum atomic E-state index is 13.3. The fourth-order valence-corrected chi connectivity index (χ4v) is 3.82. The molecule has 0 saturated heterocycles. The molecule has 2 nitrogen and oxygen atoms in total. The Bertz CT molecular complexity index is 666. The third kappa shape index (κ3) is 9.82. The Morgan fingerprint density at radius 2 is 1.27 bits per heavy atom. The smallest absolute Gasteiger partial charge is 0.159 e. The first-order chi connectivity index (χ1) is 14.7. The number of halogens is 1. The van der Waals surface area contributed by atoms with Gasteiger partial charge in [0.15, 0.2) is 5.82 Å². The number of aryl methyl sites for hydroxylation is 2. The third-order valence-corrected chi connectivity index (χ3v) is 5.91. The van der Waals surface area contributed by atoms with Crippen LogP contribution in [0, 0.1) is 0 Å². The van der Waals surface area contributed by atoms with Crippen molar-refractivity contribution in [3.05, 3.63) is 47.8 Å². The van der Waals surface area contributed by atoms with Gasteiger partial charge in [-0.15, -0.1) is 0 Å². The van der Waals surface area contributed by atoms with Crippen LogP contribution in [0.4, 0.5) is 4.39 Å². The molecule has 0 amide bonds. The first kappa shape index (κ1) is 24.5. The number of rotatable bonds is 16. The van der Waals surface area contributed by atoms with Crippen molar-refractivity contribution in [2.45, 2.75) is 110 Å². The SMILES string of the molecule is CCCCCCCCCCc1cnc(-c2ccc(CCCCC(F)CC)cc2)nc1. The van der Waals surface area contributed by atoms with Crippen LogP contribution < -0.4 is 0 Å². The zero-order valence-corrected chi connectivity index (χ0v) is 19.2. The Labute approximate surface area is 183 Å². The molecule has 2 rings (SSSR count). The Hall–Kier alpha value is -1.77. The number of hydrogen-bond acceptors (Lipinski definition) is 2. The van der Waals surface area contributed by atoms with Gasteiger partial charge in [-0.25, -0.2) is 14.4 Å². The molecule has 166 valence electrons. The van der Waals surface area contributed by atoms with E-state index < -0.39 is 6.17 Å². The van der Waals surface area contributed by atoms with E-state index >= 15 is 0 Å². The Balaban J connectivity index is 1.67. The molecule has 1 aromatic heterocycles. The molecule has 0 bridgehead atoms. The molecule has 1 atom stereocenters. The van der Waals surface area contributed by atoms with E-state index in [2.05, 4.69) is 41.2 Å². The quantitative estimate of drug-likeness (QED) is 0.259. The molecule has 3 heteroatoms. The van der Waals surface area contributed by atoms with Gasteiger partial charge in [-0.05, 0) is 49.7 Å². The van der Waals surface area contributed by atoms with Gasteiger partial charge in [0.1, 0.15) is 0 Å². The summed E-state index contributed by atoms with van der Waals surface area (Å²) in [6.45, 7) is 4.18. The van der Waals surface area contributed by atoms with Crippen LogP contribution in [0.2, 0.25) is 0 Å².